The predicted molar refractivity (Wildman–Crippen MR) is 101 cm³/mol. The second-order valence-corrected chi connectivity index (χ2v) is 6.53. The van der Waals surface area contributed by atoms with Gasteiger partial charge in [0.2, 0.25) is 0 Å². The highest BCUT2D eigenvalue weighted by molar-refractivity contribution is 5.71. The van der Waals surface area contributed by atoms with Gasteiger partial charge in [-0.25, -0.2) is 9.67 Å². The van der Waals surface area contributed by atoms with Crippen LogP contribution in [0.2, 0.25) is 0 Å². The van der Waals surface area contributed by atoms with Crippen LogP contribution in [0.4, 0.5) is 0 Å². The Bertz CT molecular complexity index is 1110. The Hall–Kier alpha value is -3.15. The number of aromatic nitrogens is 5. The van der Waals surface area contributed by atoms with E-state index in [9.17, 15) is 0 Å². The Morgan fingerprint density at radius 3 is 2.23 bits per heavy atom. The largest absolute Gasteiger partial charge is 0.497 e. The van der Waals surface area contributed by atoms with Gasteiger partial charge in [0.15, 0.2) is 11.5 Å². The molecule has 6 heteroatoms. The molecule has 132 valence electrons. The van der Waals surface area contributed by atoms with E-state index >= 15 is 0 Å². The number of hydrogen-bond donors (Lipinski definition) is 0. The van der Waals surface area contributed by atoms with Crippen molar-refractivity contribution < 1.29 is 4.74 Å². The molecule has 0 saturated heterocycles. The molecule has 0 saturated carbocycles. The first-order valence-corrected chi connectivity index (χ1v) is 8.53. The SMILES string of the molecule is COc1ccc(-c2nn3c(-n4nc(C)cc4C)cc(C)nc3c2C)cc1. The fraction of sp³-hybridized carbons (Fsp3) is 0.250. The average molecular weight is 347 g/mol. The molecule has 0 aliphatic heterocycles. The topological polar surface area (TPSA) is 57.2 Å². The van der Waals surface area contributed by atoms with Crippen molar-refractivity contribution in [2.45, 2.75) is 27.7 Å². The molecule has 0 aliphatic carbocycles. The van der Waals surface area contributed by atoms with Crippen LogP contribution in [-0.4, -0.2) is 31.5 Å². The number of aryl methyl sites for hydroxylation is 4. The highest BCUT2D eigenvalue weighted by Crippen LogP contribution is 2.28. The molecule has 0 N–H and O–H groups in total. The lowest BCUT2D eigenvalue weighted by Crippen LogP contribution is -2.08. The molecule has 26 heavy (non-hydrogen) atoms. The van der Waals surface area contributed by atoms with Crippen molar-refractivity contribution in [2.24, 2.45) is 0 Å². The Morgan fingerprint density at radius 1 is 0.885 bits per heavy atom. The van der Waals surface area contributed by atoms with E-state index in [0.717, 1.165) is 51.1 Å². The quantitative estimate of drug-likeness (QED) is 0.565. The molecule has 0 amide bonds. The summed E-state index contributed by atoms with van der Waals surface area (Å²) in [5.41, 5.74) is 6.81. The van der Waals surface area contributed by atoms with Crippen molar-refractivity contribution >= 4 is 5.65 Å². The third-order valence-electron chi connectivity index (χ3n) is 4.52. The summed E-state index contributed by atoms with van der Waals surface area (Å²) in [7, 11) is 1.67. The molecule has 0 bridgehead atoms. The molecule has 3 heterocycles. The minimum atomic E-state index is 0.826. The highest BCUT2D eigenvalue weighted by atomic mass is 16.5. The summed E-state index contributed by atoms with van der Waals surface area (Å²) in [6, 6.07) is 12.0. The molecule has 6 nitrogen and oxygen atoms in total. The Balaban J connectivity index is 1.96. The van der Waals surface area contributed by atoms with Gasteiger partial charge in [-0.05, 0) is 58.0 Å². The molecule has 3 aromatic heterocycles. The molecular weight excluding hydrogens is 326 g/mol. The summed E-state index contributed by atoms with van der Waals surface area (Å²) >= 11 is 0. The van der Waals surface area contributed by atoms with Crippen LogP contribution < -0.4 is 4.74 Å². The molecule has 0 atom stereocenters. The highest BCUT2D eigenvalue weighted by Gasteiger charge is 2.17. The van der Waals surface area contributed by atoms with Gasteiger partial charge in [-0.15, -0.1) is 0 Å². The van der Waals surface area contributed by atoms with Crippen molar-refractivity contribution in [1.82, 2.24) is 24.4 Å². The van der Waals surface area contributed by atoms with Gasteiger partial charge in [-0.1, -0.05) is 0 Å². The molecule has 0 unspecified atom stereocenters. The third kappa shape index (κ3) is 2.54. The molecule has 0 radical (unpaired) electrons. The van der Waals surface area contributed by atoms with E-state index in [-0.39, 0.29) is 0 Å². The van der Waals surface area contributed by atoms with E-state index in [4.69, 9.17) is 14.8 Å². The summed E-state index contributed by atoms with van der Waals surface area (Å²) < 4.78 is 9.05. The molecule has 1 aromatic carbocycles. The van der Waals surface area contributed by atoms with Crippen LogP contribution in [0.5, 0.6) is 5.75 Å². The van der Waals surface area contributed by atoms with Crippen LogP contribution in [-0.2, 0) is 0 Å². The first kappa shape index (κ1) is 16.3. The second-order valence-electron chi connectivity index (χ2n) is 6.53. The molecule has 0 aliphatic rings. The van der Waals surface area contributed by atoms with Gasteiger partial charge in [0.05, 0.1) is 18.5 Å². The number of hydrogen-bond acceptors (Lipinski definition) is 4. The Labute approximate surface area is 152 Å². The molecule has 0 fully saturated rings. The van der Waals surface area contributed by atoms with Gasteiger partial charge in [0.1, 0.15) is 5.75 Å². The molecule has 4 aromatic rings. The second kappa shape index (κ2) is 5.98. The van der Waals surface area contributed by atoms with Gasteiger partial charge in [0, 0.05) is 28.6 Å². The lowest BCUT2D eigenvalue weighted by Gasteiger charge is -2.08. The minimum Gasteiger partial charge on any atom is -0.497 e. The van der Waals surface area contributed by atoms with Gasteiger partial charge in [0.25, 0.3) is 0 Å². The van der Waals surface area contributed by atoms with E-state index in [1.165, 1.54) is 0 Å². The third-order valence-corrected chi connectivity index (χ3v) is 4.52. The summed E-state index contributed by atoms with van der Waals surface area (Å²) in [5, 5.41) is 9.48. The van der Waals surface area contributed by atoms with E-state index in [0.29, 0.717) is 0 Å². The van der Waals surface area contributed by atoms with Crippen LogP contribution in [0.25, 0.3) is 22.7 Å². The summed E-state index contributed by atoms with van der Waals surface area (Å²) in [5.74, 6) is 1.72. The zero-order valence-electron chi connectivity index (χ0n) is 15.6. The maximum Gasteiger partial charge on any atom is 0.161 e. The number of nitrogens with zero attached hydrogens (tertiary/aromatic N) is 5. The van der Waals surface area contributed by atoms with Crippen LogP contribution in [0.15, 0.2) is 36.4 Å². The van der Waals surface area contributed by atoms with Crippen LogP contribution in [0, 0.1) is 27.7 Å². The van der Waals surface area contributed by atoms with Gasteiger partial charge < -0.3 is 4.74 Å². The van der Waals surface area contributed by atoms with Crippen molar-refractivity contribution in [2.75, 3.05) is 7.11 Å². The Morgan fingerprint density at radius 2 is 1.62 bits per heavy atom. The smallest absolute Gasteiger partial charge is 0.161 e. The van der Waals surface area contributed by atoms with Gasteiger partial charge in [-0.2, -0.15) is 14.7 Å². The Kier molecular flexibility index (Phi) is 3.76. The van der Waals surface area contributed by atoms with Gasteiger partial charge >= 0.3 is 0 Å². The average Bonchev–Trinajstić information content (AvgIpc) is 3.14. The normalized spacial score (nSPS) is 11.3. The van der Waals surface area contributed by atoms with Crippen molar-refractivity contribution in [3.63, 3.8) is 0 Å². The van der Waals surface area contributed by atoms with Crippen LogP contribution >= 0.6 is 0 Å². The minimum absolute atomic E-state index is 0.826. The first-order valence-electron chi connectivity index (χ1n) is 8.53. The van der Waals surface area contributed by atoms with Gasteiger partial charge in [-0.3, -0.25) is 0 Å². The van der Waals surface area contributed by atoms with Crippen molar-refractivity contribution in [3.05, 3.63) is 59.0 Å². The summed E-state index contributed by atoms with van der Waals surface area (Å²) in [6.07, 6.45) is 0. The van der Waals surface area contributed by atoms with E-state index in [1.807, 2.05) is 60.3 Å². The van der Waals surface area contributed by atoms with E-state index < -0.39 is 0 Å². The number of methoxy groups -OCH3 is 1. The standard InChI is InChI=1S/C20H21N5O/c1-12-11-18(24-14(3)10-13(2)22-24)25-20(21-12)15(4)19(23-25)16-6-8-17(26-5)9-7-16/h6-11H,1-5H3. The fourth-order valence-corrected chi connectivity index (χ4v) is 3.26. The number of benzene rings is 1. The summed E-state index contributed by atoms with van der Waals surface area (Å²) in [4.78, 5) is 4.71. The summed E-state index contributed by atoms with van der Waals surface area (Å²) in [6.45, 7) is 8.09. The van der Waals surface area contributed by atoms with E-state index in [2.05, 4.69) is 18.1 Å². The number of fused-ring (bicyclic) bond motifs is 1. The van der Waals surface area contributed by atoms with E-state index in [1.54, 1.807) is 7.11 Å². The maximum atomic E-state index is 5.25. The molecule has 4 rings (SSSR count). The maximum absolute atomic E-state index is 5.25. The number of ether oxygens (including phenoxy) is 1. The first-order chi connectivity index (χ1) is 12.5. The lowest BCUT2D eigenvalue weighted by molar-refractivity contribution is 0.415. The van der Waals surface area contributed by atoms with Crippen molar-refractivity contribution in [3.8, 4) is 22.8 Å². The van der Waals surface area contributed by atoms with Crippen molar-refractivity contribution in [1.29, 1.82) is 0 Å². The number of rotatable bonds is 3. The van der Waals surface area contributed by atoms with Crippen LogP contribution in [0.1, 0.15) is 22.6 Å². The monoisotopic (exact) mass is 347 g/mol. The molecule has 0 spiro atoms. The zero-order chi connectivity index (χ0) is 18.4. The zero-order valence-corrected chi connectivity index (χ0v) is 15.6. The predicted octanol–water partition coefficient (Wildman–Crippen LogP) is 3.82. The lowest BCUT2D eigenvalue weighted by atomic mass is 10.1. The molecular formula is C20H21N5O. The fourth-order valence-electron chi connectivity index (χ4n) is 3.26. The van der Waals surface area contributed by atoms with Crippen LogP contribution in [0.3, 0.4) is 0 Å².